The standard InChI is InChI=1S/C26H36N2O3S/c1-7-20(4)31-22-11-8-10-21(17-22)27-25(32)28-24(29)26(5,6)14-9-15-30-23-16-18(2)12-13-19(23)3/h8,10-13,16-17,20H,7,9,14-15H2,1-6H3,(H2,27,28,29,32). The Morgan fingerprint density at radius 2 is 1.91 bits per heavy atom. The summed E-state index contributed by atoms with van der Waals surface area (Å²) in [5, 5.41) is 6.16. The molecule has 0 saturated heterocycles. The van der Waals surface area contributed by atoms with Crippen molar-refractivity contribution in [2.75, 3.05) is 11.9 Å². The molecule has 0 heterocycles. The summed E-state index contributed by atoms with van der Waals surface area (Å²) in [6.45, 7) is 12.6. The fourth-order valence-electron chi connectivity index (χ4n) is 3.07. The van der Waals surface area contributed by atoms with Crippen molar-refractivity contribution in [1.82, 2.24) is 5.32 Å². The Hall–Kier alpha value is -2.60. The number of anilines is 1. The van der Waals surface area contributed by atoms with E-state index in [1.165, 1.54) is 5.56 Å². The zero-order valence-electron chi connectivity index (χ0n) is 20.1. The number of rotatable bonds is 10. The van der Waals surface area contributed by atoms with E-state index < -0.39 is 5.41 Å². The smallest absolute Gasteiger partial charge is 0.231 e. The summed E-state index contributed by atoms with van der Waals surface area (Å²) in [5.41, 5.74) is 2.49. The summed E-state index contributed by atoms with van der Waals surface area (Å²) in [6.07, 6.45) is 2.52. The maximum atomic E-state index is 12.8. The lowest BCUT2D eigenvalue weighted by Gasteiger charge is -2.24. The normalized spacial score (nSPS) is 12.1. The molecule has 6 heteroatoms. The van der Waals surface area contributed by atoms with E-state index in [0.29, 0.717) is 13.0 Å². The predicted molar refractivity (Wildman–Crippen MR) is 136 cm³/mol. The third-order valence-electron chi connectivity index (χ3n) is 5.39. The zero-order chi connectivity index (χ0) is 23.7. The minimum absolute atomic E-state index is 0.117. The summed E-state index contributed by atoms with van der Waals surface area (Å²) in [5.74, 6) is 1.55. The van der Waals surface area contributed by atoms with E-state index >= 15 is 0 Å². The second-order valence-corrected chi connectivity index (χ2v) is 9.29. The molecule has 2 N–H and O–H groups in total. The molecular weight excluding hydrogens is 420 g/mol. The molecule has 0 aromatic heterocycles. The van der Waals surface area contributed by atoms with Gasteiger partial charge in [0.05, 0.1) is 12.7 Å². The molecule has 2 aromatic carbocycles. The van der Waals surface area contributed by atoms with Gasteiger partial charge in [0.2, 0.25) is 5.91 Å². The van der Waals surface area contributed by atoms with E-state index in [1.54, 1.807) is 0 Å². The van der Waals surface area contributed by atoms with Gasteiger partial charge in [-0.3, -0.25) is 4.79 Å². The summed E-state index contributed by atoms with van der Waals surface area (Å²) in [4.78, 5) is 12.8. The molecule has 0 aliphatic heterocycles. The predicted octanol–water partition coefficient (Wildman–Crippen LogP) is 6.18. The highest BCUT2D eigenvalue weighted by Gasteiger charge is 2.28. The number of aryl methyl sites for hydroxylation is 2. The van der Waals surface area contributed by atoms with E-state index in [1.807, 2.05) is 65.0 Å². The van der Waals surface area contributed by atoms with E-state index in [0.717, 1.165) is 35.6 Å². The maximum Gasteiger partial charge on any atom is 0.231 e. The first kappa shape index (κ1) is 25.7. The molecule has 0 bridgehead atoms. The van der Waals surface area contributed by atoms with Gasteiger partial charge in [0.1, 0.15) is 11.5 Å². The van der Waals surface area contributed by atoms with Crippen molar-refractivity contribution in [3.63, 3.8) is 0 Å². The highest BCUT2D eigenvalue weighted by atomic mass is 32.1. The van der Waals surface area contributed by atoms with Crippen LogP contribution < -0.4 is 20.1 Å². The third-order valence-corrected chi connectivity index (χ3v) is 5.60. The molecule has 5 nitrogen and oxygen atoms in total. The average molecular weight is 457 g/mol. The van der Waals surface area contributed by atoms with Gasteiger partial charge in [-0.25, -0.2) is 0 Å². The Kier molecular flexibility index (Phi) is 9.51. The molecule has 1 unspecified atom stereocenters. The number of carbonyl (C=O) groups is 1. The van der Waals surface area contributed by atoms with Gasteiger partial charge in [-0.2, -0.15) is 0 Å². The van der Waals surface area contributed by atoms with Crippen molar-refractivity contribution in [3.05, 3.63) is 53.6 Å². The van der Waals surface area contributed by atoms with Crippen molar-refractivity contribution in [2.24, 2.45) is 5.41 Å². The van der Waals surface area contributed by atoms with Crippen LogP contribution in [0.4, 0.5) is 5.69 Å². The number of ether oxygens (including phenoxy) is 2. The van der Waals surface area contributed by atoms with Gasteiger partial charge in [0, 0.05) is 17.2 Å². The second-order valence-electron chi connectivity index (χ2n) is 8.88. The van der Waals surface area contributed by atoms with Crippen LogP contribution in [0, 0.1) is 19.3 Å². The molecule has 174 valence electrons. The molecular formula is C26H36N2O3S. The van der Waals surface area contributed by atoms with Crippen LogP contribution in [0.25, 0.3) is 0 Å². The second kappa shape index (κ2) is 11.9. The number of thiocarbonyl (C=S) groups is 1. The third kappa shape index (κ3) is 8.15. The van der Waals surface area contributed by atoms with Crippen molar-refractivity contribution < 1.29 is 14.3 Å². The van der Waals surface area contributed by atoms with Crippen molar-refractivity contribution in [2.45, 2.75) is 66.9 Å². The molecule has 2 rings (SSSR count). The van der Waals surface area contributed by atoms with Crippen LogP contribution in [-0.2, 0) is 4.79 Å². The molecule has 0 saturated carbocycles. The first-order chi connectivity index (χ1) is 15.1. The van der Waals surface area contributed by atoms with Gasteiger partial charge < -0.3 is 20.1 Å². The minimum atomic E-state index is -0.571. The molecule has 1 atom stereocenters. The van der Waals surface area contributed by atoms with E-state index in [9.17, 15) is 4.79 Å². The molecule has 0 aliphatic rings. The fraction of sp³-hybridized carbons (Fsp3) is 0.462. The van der Waals surface area contributed by atoms with Crippen LogP contribution in [-0.4, -0.2) is 23.7 Å². The van der Waals surface area contributed by atoms with E-state index in [2.05, 4.69) is 29.7 Å². The molecule has 0 spiro atoms. The molecule has 2 aromatic rings. The molecule has 0 radical (unpaired) electrons. The lowest BCUT2D eigenvalue weighted by atomic mass is 9.87. The van der Waals surface area contributed by atoms with Crippen LogP contribution in [0.5, 0.6) is 11.5 Å². The summed E-state index contributed by atoms with van der Waals surface area (Å²) in [6, 6.07) is 13.7. The zero-order valence-corrected chi connectivity index (χ0v) is 20.9. The Balaban J connectivity index is 1.82. The lowest BCUT2D eigenvalue weighted by molar-refractivity contribution is -0.128. The Morgan fingerprint density at radius 1 is 1.16 bits per heavy atom. The van der Waals surface area contributed by atoms with Gasteiger partial charge in [-0.1, -0.05) is 39.0 Å². The van der Waals surface area contributed by atoms with E-state index in [4.69, 9.17) is 21.7 Å². The van der Waals surface area contributed by atoms with Gasteiger partial charge in [-0.15, -0.1) is 0 Å². The fourth-order valence-corrected chi connectivity index (χ4v) is 3.28. The molecule has 0 fully saturated rings. The first-order valence-corrected chi connectivity index (χ1v) is 11.6. The van der Waals surface area contributed by atoms with Crippen LogP contribution in [0.15, 0.2) is 42.5 Å². The summed E-state index contributed by atoms with van der Waals surface area (Å²) >= 11 is 5.35. The number of nitrogens with one attached hydrogen (secondary N) is 2. The number of benzene rings is 2. The quantitative estimate of drug-likeness (QED) is 0.330. The van der Waals surface area contributed by atoms with Crippen molar-refractivity contribution in [3.8, 4) is 11.5 Å². The molecule has 0 aliphatic carbocycles. The van der Waals surface area contributed by atoms with Crippen molar-refractivity contribution in [1.29, 1.82) is 0 Å². The monoisotopic (exact) mass is 456 g/mol. The average Bonchev–Trinajstić information content (AvgIpc) is 2.73. The summed E-state index contributed by atoms with van der Waals surface area (Å²) < 4.78 is 11.8. The number of amides is 1. The maximum absolute atomic E-state index is 12.8. The Bertz CT molecular complexity index is 927. The topological polar surface area (TPSA) is 59.6 Å². The molecule has 32 heavy (non-hydrogen) atoms. The van der Waals surface area contributed by atoms with Crippen LogP contribution in [0.1, 0.15) is 58.1 Å². The largest absolute Gasteiger partial charge is 0.493 e. The SMILES string of the molecule is CCC(C)Oc1cccc(NC(=S)NC(=O)C(C)(C)CCCOc2cc(C)ccc2C)c1. The number of hydrogen-bond acceptors (Lipinski definition) is 4. The Labute approximate surface area is 197 Å². The van der Waals surface area contributed by atoms with Crippen molar-refractivity contribution >= 4 is 28.9 Å². The summed E-state index contributed by atoms with van der Waals surface area (Å²) in [7, 11) is 0. The van der Waals surface area contributed by atoms with Crippen LogP contribution in [0.3, 0.4) is 0 Å². The van der Waals surface area contributed by atoms with Crippen LogP contribution in [0.2, 0.25) is 0 Å². The van der Waals surface area contributed by atoms with Crippen LogP contribution >= 0.6 is 12.2 Å². The van der Waals surface area contributed by atoms with Gasteiger partial charge in [0.25, 0.3) is 0 Å². The highest BCUT2D eigenvalue weighted by molar-refractivity contribution is 7.80. The first-order valence-electron chi connectivity index (χ1n) is 11.2. The number of hydrogen-bond donors (Lipinski definition) is 2. The van der Waals surface area contributed by atoms with Gasteiger partial charge in [-0.05, 0) is 81.6 Å². The lowest BCUT2D eigenvalue weighted by Crippen LogP contribution is -2.42. The van der Waals surface area contributed by atoms with Gasteiger partial charge >= 0.3 is 0 Å². The van der Waals surface area contributed by atoms with Gasteiger partial charge in [0.15, 0.2) is 5.11 Å². The van der Waals surface area contributed by atoms with E-state index in [-0.39, 0.29) is 17.1 Å². The highest BCUT2D eigenvalue weighted by Crippen LogP contribution is 2.25. The molecule has 1 amide bonds. The Morgan fingerprint density at radius 3 is 2.62 bits per heavy atom. The minimum Gasteiger partial charge on any atom is -0.493 e. The number of carbonyl (C=O) groups excluding carboxylic acids is 1.